The van der Waals surface area contributed by atoms with Crippen molar-refractivity contribution in [3.8, 4) is 5.75 Å². The number of benzene rings is 2. The third-order valence-electron chi connectivity index (χ3n) is 3.22. The van der Waals surface area contributed by atoms with Crippen molar-refractivity contribution in [2.45, 2.75) is 10.6 Å². The van der Waals surface area contributed by atoms with E-state index in [0.29, 0.717) is 33.8 Å². The molecule has 0 atom stereocenters. The summed E-state index contributed by atoms with van der Waals surface area (Å²) < 4.78 is 32.1. The molecule has 0 heterocycles. The minimum Gasteiger partial charge on any atom is -0.495 e. The zero-order chi connectivity index (χ0) is 18.4. The average molecular weight is 441 g/mol. The molecule has 0 spiro atoms. The monoisotopic (exact) mass is 439 g/mol. The summed E-state index contributed by atoms with van der Waals surface area (Å²) in [5.41, 5.74) is 1.03. The van der Waals surface area contributed by atoms with E-state index in [-0.39, 0.29) is 9.92 Å². The fourth-order valence-corrected chi connectivity index (χ4v) is 4.60. The molecule has 136 valence electrons. The predicted molar refractivity (Wildman–Crippen MR) is 106 cm³/mol. The summed E-state index contributed by atoms with van der Waals surface area (Å²) in [4.78, 5) is 0.104. The molecular weight excluding hydrogens is 425 g/mol. The SMILES string of the molecule is COc1ccc(S(=O)(=O)NCCSCc2ccc(Cl)c(Cl)c2)cc1Cl. The first-order valence-electron chi connectivity index (χ1n) is 7.18. The predicted octanol–water partition coefficient (Wildman–Crippen LogP) is 4.87. The van der Waals surface area contributed by atoms with Crippen LogP contribution in [-0.2, 0) is 15.8 Å². The number of nitrogens with one attached hydrogen (secondary N) is 1. The maximum Gasteiger partial charge on any atom is 0.240 e. The summed E-state index contributed by atoms with van der Waals surface area (Å²) >= 11 is 19.4. The lowest BCUT2D eigenvalue weighted by molar-refractivity contribution is 0.414. The van der Waals surface area contributed by atoms with Gasteiger partial charge in [0.2, 0.25) is 10.0 Å². The highest BCUT2D eigenvalue weighted by atomic mass is 35.5. The molecule has 0 saturated heterocycles. The average Bonchev–Trinajstić information content (AvgIpc) is 2.57. The van der Waals surface area contributed by atoms with Gasteiger partial charge in [-0.25, -0.2) is 13.1 Å². The van der Waals surface area contributed by atoms with Crippen LogP contribution in [0.25, 0.3) is 0 Å². The Labute approximate surface area is 166 Å². The highest BCUT2D eigenvalue weighted by Crippen LogP contribution is 2.27. The van der Waals surface area contributed by atoms with E-state index in [4.69, 9.17) is 39.5 Å². The number of thioether (sulfide) groups is 1. The van der Waals surface area contributed by atoms with E-state index >= 15 is 0 Å². The summed E-state index contributed by atoms with van der Waals surface area (Å²) in [6, 6.07) is 9.79. The molecule has 2 rings (SSSR count). The molecular formula is C16H16Cl3NO3S2. The van der Waals surface area contributed by atoms with Crippen LogP contribution >= 0.6 is 46.6 Å². The molecule has 0 saturated carbocycles. The fourth-order valence-electron chi connectivity index (χ4n) is 1.97. The lowest BCUT2D eigenvalue weighted by Gasteiger charge is -2.09. The van der Waals surface area contributed by atoms with Gasteiger partial charge in [0.15, 0.2) is 0 Å². The zero-order valence-corrected chi connectivity index (χ0v) is 17.2. The van der Waals surface area contributed by atoms with Gasteiger partial charge in [0.05, 0.1) is 27.1 Å². The Morgan fingerprint density at radius 1 is 1.04 bits per heavy atom. The van der Waals surface area contributed by atoms with Crippen LogP contribution in [0.15, 0.2) is 41.3 Å². The van der Waals surface area contributed by atoms with E-state index in [9.17, 15) is 8.42 Å². The summed E-state index contributed by atoms with van der Waals surface area (Å²) in [5, 5.41) is 1.28. The van der Waals surface area contributed by atoms with Gasteiger partial charge in [-0.3, -0.25) is 0 Å². The van der Waals surface area contributed by atoms with Crippen molar-refractivity contribution in [3.05, 3.63) is 57.0 Å². The summed E-state index contributed by atoms with van der Waals surface area (Å²) in [5.74, 6) is 1.76. The first-order chi connectivity index (χ1) is 11.8. The number of halogens is 3. The first kappa shape index (κ1) is 20.7. The van der Waals surface area contributed by atoms with E-state index in [1.807, 2.05) is 6.07 Å². The minimum absolute atomic E-state index is 0.104. The molecule has 0 amide bonds. The molecule has 0 aliphatic heterocycles. The van der Waals surface area contributed by atoms with Crippen LogP contribution in [0.3, 0.4) is 0 Å². The largest absolute Gasteiger partial charge is 0.495 e. The molecule has 9 heteroatoms. The van der Waals surface area contributed by atoms with Crippen LogP contribution < -0.4 is 9.46 Å². The lowest BCUT2D eigenvalue weighted by Crippen LogP contribution is -2.26. The fraction of sp³-hybridized carbons (Fsp3) is 0.250. The number of hydrogen-bond acceptors (Lipinski definition) is 4. The molecule has 0 radical (unpaired) electrons. The Morgan fingerprint density at radius 3 is 2.44 bits per heavy atom. The van der Waals surface area contributed by atoms with E-state index in [1.54, 1.807) is 23.9 Å². The molecule has 1 N–H and O–H groups in total. The molecule has 0 unspecified atom stereocenters. The van der Waals surface area contributed by atoms with Gasteiger partial charge in [-0.05, 0) is 35.9 Å². The van der Waals surface area contributed by atoms with Crippen molar-refractivity contribution in [2.75, 3.05) is 19.4 Å². The topological polar surface area (TPSA) is 55.4 Å². The van der Waals surface area contributed by atoms with Crippen molar-refractivity contribution >= 4 is 56.6 Å². The molecule has 0 aromatic heterocycles. The molecule has 2 aromatic rings. The Morgan fingerprint density at radius 2 is 1.80 bits per heavy atom. The zero-order valence-electron chi connectivity index (χ0n) is 13.3. The van der Waals surface area contributed by atoms with Crippen LogP contribution in [0.4, 0.5) is 0 Å². The second-order valence-corrected chi connectivity index (χ2v) is 9.09. The molecule has 0 aliphatic rings. The number of rotatable bonds is 8. The summed E-state index contributed by atoms with van der Waals surface area (Å²) in [7, 11) is -2.14. The Bertz CT molecular complexity index is 845. The van der Waals surface area contributed by atoms with Crippen LogP contribution in [-0.4, -0.2) is 27.8 Å². The molecule has 4 nitrogen and oxygen atoms in total. The quantitative estimate of drug-likeness (QED) is 0.595. The number of methoxy groups -OCH3 is 1. The highest BCUT2D eigenvalue weighted by molar-refractivity contribution is 7.98. The van der Waals surface area contributed by atoms with Crippen molar-refractivity contribution in [1.82, 2.24) is 4.72 Å². The molecule has 0 aliphatic carbocycles. The third-order valence-corrected chi connectivity index (χ3v) is 6.75. The Kier molecular flexibility index (Phi) is 7.73. The van der Waals surface area contributed by atoms with E-state index in [1.165, 1.54) is 25.3 Å². The smallest absolute Gasteiger partial charge is 0.240 e. The van der Waals surface area contributed by atoms with Gasteiger partial charge in [-0.15, -0.1) is 0 Å². The van der Waals surface area contributed by atoms with Crippen molar-refractivity contribution in [3.63, 3.8) is 0 Å². The number of sulfonamides is 1. The number of ether oxygens (including phenoxy) is 1. The van der Waals surface area contributed by atoms with Crippen LogP contribution in [0.1, 0.15) is 5.56 Å². The first-order valence-corrected chi connectivity index (χ1v) is 11.0. The van der Waals surface area contributed by atoms with Crippen LogP contribution in [0.2, 0.25) is 15.1 Å². The lowest BCUT2D eigenvalue weighted by atomic mass is 10.2. The second-order valence-electron chi connectivity index (χ2n) is 5.00. The van der Waals surface area contributed by atoms with Gasteiger partial charge in [0, 0.05) is 18.1 Å². The maximum atomic E-state index is 12.2. The van der Waals surface area contributed by atoms with E-state index < -0.39 is 10.0 Å². The molecule has 2 aromatic carbocycles. The molecule has 25 heavy (non-hydrogen) atoms. The minimum atomic E-state index is -3.61. The van der Waals surface area contributed by atoms with E-state index in [0.717, 1.165) is 5.56 Å². The van der Waals surface area contributed by atoms with Gasteiger partial charge in [-0.1, -0.05) is 40.9 Å². The van der Waals surface area contributed by atoms with Gasteiger partial charge >= 0.3 is 0 Å². The molecule has 0 bridgehead atoms. The van der Waals surface area contributed by atoms with Crippen LogP contribution in [0, 0.1) is 0 Å². The summed E-state index contributed by atoms with van der Waals surface area (Å²) in [6.07, 6.45) is 0. The van der Waals surface area contributed by atoms with Gasteiger partial charge < -0.3 is 4.74 Å². The van der Waals surface area contributed by atoms with Gasteiger partial charge in [0.25, 0.3) is 0 Å². The second kappa shape index (κ2) is 9.35. The Hall–Kier alpha value is -0.630. The molecule has 0 fully saturated rings. The third kappa shape index (κ3) is 5.94. The number of hydrogen-bond donors (Lipinski definition) is 1. The van der Waals surface area contributed by atoms with Crippen molar-refractivity contribution in [2.24, 2.45) is 0 Å². The van der Waals surface area contributed by atoms with Gasteiger partial charge in [-0.2, -0.15) is 11.8 Å². The van der Waals surface area contributed by atoms with Gasteiger partial charge in [0.1, 0.15) is 5.75 Å². The summed E-state index contributed by atoms with van der Waals surface area (Å²) in [6.45, 7) is 0.304. The van der Waals surface area contributed by atoms with Crippen molar-refractivity contribution < 1.29 is 13.2 Å². The highest BCUT2D eigenvalue weighted by Gasteiger charge is 2.15. The standard InChI is InChI=1S/C16H16Cl3NO3S2/c1-23-16-5-3-12(9-15(16)19)25(21,22)20-6-7-24-10-11-2-4-13(17)14(18)8-11/h2-5,8-9,20H,6-7,10H2,1H3. The normalized spacial score (nSPS) is 11.5. The Balaban J connectivity index is 1.84. The van der Waals surface area contributed by atoms with E-state index in [2.05, 4.69) is 4.72 Å². The maximum absolute atomic E-state index is 12.2. The van der Waals surface area contributed by atoms with Crippen molar-refractivity contribution in [1.29, 1.82) is 0 Å². The van der Waals surface area contributed by atoms with Crippen LogP contribution in [0.5, 0.6) is 5.75 Å².